The topological polar surface area (TPSA) is 64.4 Å². The van der Waals surface area contributed by atoms with E-state index >= 15 is 0 Å². The molecule has 0 heterocycles. The minimum absolute atomic E-state index is 0.248. The van der Waals surface area contributed by atoms with Gasteiger partial charge >= 0.3 is 0 Å². The number of rotatable bonds is 7. The second-order valence-electron chi connectivity index (χ2n) is 4.87. The molecule has 0 bridgehead atoms. The molecule has 100 valence electrons. The van der Waals surface area contributed by atoms with Crippen LogP contribution in [0.2, 0.25) is 0 Å². The van der Waals surface area contributed by atoms with Crippen LogP contribution in [0.25, 0.3) is 0 Å². The average molecular weight is 261 g/mol. The van der Waals surface area contributed by atoms with E-state index in [0.29, 0.717) is 19.6 Å². The summed E-state index contributed by atoms with van der Waals surface area (Å²) in [7, 11) is 0.297. The molecule has 0 N–H and O–H groups in total. The highest BCUT2D eigenvalue weighted by Gasteiger charge is 2.28. The fourth-order valence-electron chi connectivity index (χ4n) is 1.33. The molecule has 0 amide bonds. The standard InChI is InChI=1S/C11H23N3O2S/c1-10(2)9-14(7-6-13(4)5)17(15,16)11(3)8-12/h10-11H,6-7,9H2,1-5H3. The minimum atomic E-state index is -3.50. The molecule has 0 radical (unpaired) electrons. The Morgan fingerprint density at radius 3 is 2.06 bits per heavy atom. The SMILES string of the molecule is CC(C)CN(CCN(C)C)S(=O)(=O)C(C)C#N. The van der Waals surface area contributed by atoms with Crippen molar-refractivity contribution in [2.75, 3.05) is 33.7 Å². The molecule has 0 aromatic rings. The molecule has 0 aliphatic rings. The number of hydrogen-bond acceptors (Lipinski definition) is 4. The third kappa shape index (κ3) is 5.48. The van der Waals surface area contributed by atoms with Crippen molar-refractivity contribution < 1.29 is 8.42 Å². The van der Waals surface area contributed by atoms with E-state index in [1.807, 2.05) is 32.8 Å². The van der Waals surface area contributed by atoms with Gasteiger partial charge in [-0.05, 0) is 26.9 Å². The Kier molecular flexibility index (Phi) is 6.68. The molecule has 0 saturated carbocycles. The van der Waals surface area contributed by atoms with Crippen molar-refractivity contribution in [3.05, 3.63) is 0 Å². The molecule has 5 nitrogen and oxygen atoms in total. The summed E-state index contributed by atoms with van der Waals surface area (Å²) in [6.07, 6.45) is 0. The lowest BCUT2D eigenvalue weighted by Gasteiger charge is -2.26. The highest BCUT2D eigenvalue weighted by molar-refractivity contribution is 7.89. The highest BCUT2D eigenvalue weighted by atomic mass is 32.2. The monoisotopic (exact) mass is 261 g/mol. The highest BCUT2D eigenvalue weighted by Crippen LogP contribution is 2.11. The van der Waals surface area contributed by atoms with Crippen molar-refractivity contribution in [3.63, 3.8) is 0 Å². The number of hydrogen-bond donors (Lipinski definition) is 0. The first kappa shape index (κ1) is 16.4. The number of sulfonamides is 1. The van der Waals surface area contributed by atoms with E-state index < -0.39 is 15.3 Å². The zero-order valence-electron chi connectivity index (χ0n) is 11.3. The zero-order valence-corrected chi connectivity index (χ0v) is 12.2. The lowest BCUT2D eigenvalue weighted by Crippen LogP contribution is -2.42. The predicted molar refractivity (Wildman–Crippen MR) is 69.0 cm³/mol. The van der Waals surface area contributed by atoms with Crippen LogP contribution in [0.4, 0.5) is 0 Å². The largest absolute Gasteiger partial charge is 0.308 e. The van der Waals surface area contributed by atoms with Crippen LogP contribution in [0.15, 0.2) is 0 Å². The molecule has 0 aromatic carbocycles. The summed E-state index contributed by atoms with van der Waals surface area (Å²) < 4.78 is 25.6. The number of nitriles is 1. The van der Waals surface area contributed by atoms with Crippen molar-refractivity contribution in [3.8, 4) is 6.07 Å². The molecule has 0 aliphatic heterocycles. The minimum Gasteiger partial charge on any atom is -0.308 e. The number of likely N-dealkylation sites (N-methyl/N-ethyl adjacent to an activating group) is 1. The fraction of sp³-hybridized carbons (Fsp3) is 0.909. The third-order valence-corrected chi connectivity index (χ3v) is 4.40. The van der Waals surface area contributed by atoms with Crippen molar-refractivity contribution in [2.24, 2.45) is 5.92 Å². The van der Waals surface area contributed by atoms with Gasteiger partial charge < -0.3 is 4.90 Å². The summed E-state index contributed by atoms with van der Waals surface area (Å²) in [4.78, 5) is 1.93. The molecular weight excluding hydrogens is 238 g/mol. The molecule has 0 spiro atoms. The van der Waals surface area contributed by atoms with Gasteiger partial charge in [0.1, 0.15) is 0 Å². The van der Waals surface area contributed by atoms with Crippen LogP contribution in [-0.2, 0) is 10.0 Å². The van der Waals surface area contributed by atoms with Gasteiger partial charge in [-0.3, -0.25) is 0 Å². The summed E-state index contributed by atoms with van der Waals surface area (Å²) in [6, 6.07) is 1.80. The van der Waals surface area contributed by atoms with Gasteiger partial charge in [0.2, 0.25) is 10.0 Å². The lowest BCUT2D eigenvalue weighted by molar-refractivity contribution is 0.312. The Morgan fingerprint density at radius 2 is 1.71 bits per heavy atom. The maximum atomic E-state index is 12.1. The van der Waals surface area contributed by atoms with Gasteiger partial charge in [-0.25, -0.2) is 8.42 Å². The molecule has 0 fully saturated rings. The summed E-state index contributed by atoms with van der Waals surface area (Å²) >= 11 is 0. The average Bonchev–Trinajstić information content (AvgIpc) is 2.21. The molecule has 1 unspecified atom stereocenters. The van der Waals surface area contributed by atoms with E-state index in [-0.39, 0.29) is 5.92 Å². The van der Waals surface area contributed by atoms with Gasteiger partial charge in [-0.1, -0.05) is 13.8 Å². The van der Waals surface area contributed by atoms with E-state index in [9.17, 15) is 8.42 Å². The van der Waals surface area contributed by atoms with Crippen LogP contribution in [0.1, 0.15) is 20.8 Å². The first-order valence-corrected chi connectivity index (χ1v) is 7.25. The van der Waals surface area contributed by atoms with Gasteiger partial charge in [0.25, 0.3) is 0 Å². The molecule has 0 aromatic heterocycles. The Balaban J connectivity index is 4.86. The first-order valence-electron chi connectivity index (χ1n) is 5.75. The second kappa shape index (κ2) is 6.94. The third-order valence-electron chi connectivity index (χ3n) is 2.35. The number of nitrogens with zero attached hydrogens (tertiary/aromatic N) is 3. The summed E-state index contributed by atoms with van der Waals surface area (Å²) in [5.41, 5.74) is 0. The Labute approximate surface area is 105 Å². The maximum absolute atomic E-state index is 12.1. The summed E-state index contributed by atoms with van der Waals surface area (Å²) in [5, 5.41) is 7.78. The van der Waals surface area contributed by atoms with Crippen molar-refractivity contribution in [1.82, 2.24) is 9.21 Å². The first-order chi connectivity index (χ1) is 7.71. The molecule has 17 heavy (non-hydrogen) atoms. The van der Waals surface area contributed by atoms with Crippen LogP contribution >= 0.6 is 0 Å². The predicted octanol–water partition coefficient (Wildman–Crippen LogP) is 0.748. The normalized spacial score (nSPS) is 14.3. The van der Waals surface area contributed by atoms with Gasteiger partial charge in [0, 0.05) is 19.6 Å². The fourth-order valence-corrected chi connectivity index (χ4v) is 2.75. The maximum Gasteiger partial charge on any atom is 0.230 e. The van der Waals surface area contributed by atoms with E-state index in [2.05, 4.69) is 0 Å². The second-order valence-corrected chi connectivity index (χ2v) is 7.12. The van der Waals surface area contributed by atoms with E-state index in [1.54, 1.807) is 6.07 Å². The van der Waals surface area contributed by atoms with E-state index in [4.69, 9.17) is 5.26 Å². The van der Waals surface area contributed by atoms with Crippen LogP contribution in [0, 0.1) is 17.2 Å². The van der Waals surface area contributed by atoms with Gasteiger partial charge in [0.05, 0.1) is 6.07 Å². The van der Waals surface area contributed by atoms with Crippen LogP contribution < -0.4 is 0 Å². The van der Waals surface area contributed by atoms with Crippen molar-refractivity contribution in [1.29, 1.82) is 5.26 Å². The lowest BCUT2D eigenvalue weighted by atomic mass is 10.2. The molecule has 1 atom stereocenters. The summed E-state index contributed by atoms with van der Waals surface area (Å²) in [6.45, 7) is 6.91. The van der Waals surface area contributed by atoms with Crippen molar-refractivity contribution >= 4 is 10.0 Å². The Hall–Kier alpha value is -0.640. The van der Waals surface area contributed by atoms with Gasteiger partial charge in [0.15, 0.2) is 5.25 Å². The van der Waals surface area contributed by atoms with Gasteiger partial charge in [-0.15, -0.1) is 0 Å². The summed E-state index contributed by atoms with van der Waals surface area (Å²) in [5.74, 6) is 0.248. The van der Waals surface area contributed by atoms with Crippen molar-refractivity contribution in [2.45, 2.75) is 26.0 Å². The van der Waals surface area contributed by atoms with E-state index in [1.165, 1.54) is 11.2 Å². The Morgan fingerprint density at radius 1 is 1.18 bits per heavy atom. The molecule has 0 aliphatic carbocycles. The van der Waals surface area contributed by atoms with Crippen LogP contribution in [0.5, 0.6) is 0 Å². The van der Waals surface area contributed by atoms with E-state index in [0.717, 1.165) is 0 Å². The van der Waals surface area contributed by atoms with Crippen LogP contribution in [0.3, 0.4) is 0 Å². The zero-order chi connectivity index (χ0) is 13.6. The molecule has 6 heteroatoms. The quantitative estimate of drug-likeness (QED) is 0.678. The molecule has 0 rings (SSSR count). The Bertz CT molecular complexity index is 357. The van der Waals surface area contributed by atoms with Crippen LogP contribution in [-0.4, -0.2) is 56.6 Å². The molecule has 0 saturated heterocycles. The van der Waals surface area contributed by atoms with Gasteiger partial charge in [-0.2, -0.15) is 9.57 Å². The smallest absolute Gasteiger partial charge is 0.230 e. The molecular formula is C11H23N3O2S.